The van der Waals surface area contributed by atoms with Crippen LogP contribution in [-0.2, 0) is 27.1 Å². The van der Waals surface area contributed by atoms with Gasteiger partial charge in [-0.2, -0.15) is 0 Å². The molecule has 2 unspecified atom stereocenters. The minimum Gasteiger partial charge on any atom is -0.468 e. The van der Waals surface area contributed by atoms with Crippen LogP contribution in [-0.4, -0.2) is 12.3 Å². The number of hydrogen-bond donors (Lipinski definition) is 0. The molecule has 5 aromatic carbocycles. The van der Waals surface area contributed by atoms with E-state index in [1.165, 1.54) is 137 Å². The van der Waals surface area contributed by atoms with E-state index in [1.54, 1.807) is 16.7 Å². The minimum absolute atomic E-state index is 0.0136. The lowest BCUT2D eigenvalue weighted by Crippen LogP contribution is -2.64. The van der Waals surface area contributed by atoms with Gasteiger partial charge in [-0.3, -0.25) is 0 Å². The first-order valence-electron chi connectivity index (χ1n) is 24.9. The molecular weight excluding hydrogens is 763 g/mol. The van der Waals surface area contributed by atoms with E-state index in [-0.39, 0.29) is 39.3 Å². The Balaban J connectivity index is 1.15. The number of rotatable bonds is 1. The molecule has 0 N–H and O–H groups in total. The normalized spacial score (nSPS) is 29.4. The van der Waals surface area contributed by atoms with Crippen LogP contribution in [0.2, 0.25) is 0 Å². The highest BCUT2D eigenvalue weighted by atomic mass is 16.3. The molecule has 8 aliphatic rings. The molecule has 6 aromatic rings. The Hall–Kier alpha value is -4.70. The summed E-state index contributed by atoms with van der Waals surface area (Å²) in [5.41, 5.74) is 24.1. The fraction of sp³-hybridized carbons (Fsp3) is 0.458. The Morgan fingerprint density at radius 1 is 0.619 bits per heavy atom. The number of fused-ring (bicyclic) bond motifs is 13. The van der Waals surface area contributed by atoms with E-state index in [0.717, 1.165) is 11.2 Å². The number of hydrogen-bond acceptors (Lipinski definition) is 3. The fourth-order valence-corrected chi connectivity index (χ4v) is 16.3. The Morgan fingerprint density at radius 2 is 1.27 bits per heavy atom. The highest BCUT2D eigenvalue weighted by Crippen LogP contribution is 2.70. The third kappa shape index (κ3) is 4.24. The van der Waals surface area contributed by atoms with Gasteiger partial charge in [0.25, 0.3) is 6.71 Å². The van der Waals surface area contributed by atoms with Crippen LogP contribution >= 0.6 is 0 Å². The van der Waals surface area contributed by atoms with E-state index in [2.05, 4.69) is 157 Å². The first-order valence-corrected chi connectivity index (χ1v) is 24.9. The lowest BCUT2D eigenvalue weighted by Gasteiger charge is -2.52. The predicted molar refractivity (Wildman–Crippen MR) is 264 cm³/mol. The molecule has 0 amide bonds. The van der Waals surface area contributed by atoms with Crippen LogP contribution < -0.4 is 26.4 Å². The van der Waals surface area contributed by atoms with Gasteiger partial charge in [-0.15, -0.1) is 0 Å². The van der Waals surface area contributed by atoms with Crippen molar-refractivity contribution in [3.05, 3.63) is 118 Å². The fourth-order valence-electron chi connectivity index (χ4n) is 16.3. The summed E-state index contributed by atoms with van der Waals surface area (Å²) in [6, 6.07) is 34.8. The van der Waals surface area contributed by atoms with E-state index in [0.29, 0.717) is 11.8 Å². The first-order chi connectivity index (χ1) is 30.1. The maximum absolute atomic E-state index is 7.70. The monoisotopic (exact) mass is 827 g/mol. The average Bonchev–Trinajstić information content (AvgIpc) is 4.05. The van der Waals surface area contributed by atoms with Gasteiger partial charge in [-0.25, -0.2) is 0 Å². The second-order valence-electron chi connectivity index (χ2n) is 24.5. The molecule has 318 valence electrons. The van der Waals surface area contributed by atoms with E-state index >= 15 is 0 Å². The molecule has 3 nitrogen and oxygen atoms in total. The summed E-state index contributed by atoms with van der Waals surface area (Å²) in [6.07, 6.45) is 12.7. The predicted octanol–water partition coefficient (Wildman–Crippen LogP) is 13.5. The van der Waals surface area contributed by atoms with Crippen molar-refractivity contribution >= 4 is 62.7 Å². The third-order valence-electron chi connectivity index (χ3n) is 19.8. The molecule has 1 aromatic heterocycles. The van der Waals surface area contributed by atoms with Crippen molar-refractivity contribution in [2.45, 2.75) is 159 Å². The van der Waals surface area contributed by atoms with Crippen molar-refractivity contribution < 1.29 is 4.42 Å². The zero-order valence-corrected chi connectivity index (χ0v) is 39.2. The van der Waals surface area contributed by atoms with E-state index < -0.39 is 0 Å². The maximum atomic E-state index is 7.70. The van der Waals surface area contributed by atoms with Gasteiger partial charge in [0.1, 0.15) is 5.58 Å². The summed E-state index contributed by atoms with van der Waals surface area (Å²) in [5, 5.41) is 1.27. The number of nitrogens with zero attached hydrogens (tertiary/aromatic N) is 2. The Morgan fingerprint density at radius 3 is 2.02 bits per heavy atom. The van der Waals surface area contributed by atoms with Crippen LogP contribution in [0.5, 0.6) is 0 Å². The van der Waals surface area contributed by atoms with E-state index in [4.69, 9.17) is 4.42 Å². The van der Waals surface area contributed by atoms with Crippen molar-refractivity contribution in [1.29, 1.82) is 0 Å². The highest BCUT2D eigenvalue weighted by molar-refractivity contribution is 7.00. The van der Waals surface area contributed by atoms with Crippen molar-refractivity contribution in [2.24, 2.45) is 11.8 Å². The van der Waals surface area contributed by atoms with Gasteiger partial charge in [0.15, 0.2) is 0 Å². The largest absolute Gasteiger partial charge is 0.468 e. The number of para-hydroxylation sites is 1. The van der Waals surface area contributed by atoms with Crippen LogP contribution in [0.15, 0.2) is 89.3 Å². The zero-order valence-electron chi connectivity index (χ0n) is 39.2. The molecule has 1 spiro atoms. The molecule has 63 heavy (non-hydrogen) atoms. The second-order valence-corrected chi connectivity index (χ2v) is 24.5. The molecule has 5 aliphatic carbocycles. The van der Waals surface area contributed by atoms with Gasteiger partial charge in [0.2, 0.25) is 0 Å². The minimum atomic E-state index is -0.0608. The summed E-state index contributed by atoms with van der Waals surface area (Å²) in [5.74, 6) is 1.41. The molecule has 14 rings (SSSR count). The third-order valence-corrected chi connectivity index (χ3v) is 19.8. The summed E-state index contributed by atoms with van der Waals surface area (Å²) >= 11 is 0. The Kier molecular flexibility index (Phi) is 6.92. The van der Waals surface area contributed by atoms with E-state index in [1.807, 2.05) is 0 Å². The molecule has 2 atom stereocenters. The SMILES string of the molecule is CC(C)(C)c1cc2c3c(c1)N1c4c(cccc4C4(C)CCCCC14C)B3c1oc3cc4c(cc3c1N2c1cccc2c1-c1ccccc1C21C2CCC1CC2)C(C)(C)CCC4(C)C. The molecule has 3 aliphatic heterocycles. The lowest BCUT2D eigenvalue weighted by atomic mass is 9.35. The molecule has 4 heterocycles. The topological polar surface area (TPSA) is 19.6 Å². The molecule has 0 radical (unpaired) electrons. The summed E-state index contributed by atoms with van der Waals surface area (Å²) in [7, 11) is 0. The molecule has 4 heteroatoms. The van der Waals surface area contributed by atoms with Gasteiger partial charge in [-0.05, 0) is 167 Å². The quantitative estimate of drug-likeness (QED) is 0.154. The van der Waals surface area contributed by atoms with Gasteiger partial charge >= 0.3 is 0 Å². The molecule has 3 saturated carbocycles. The standard InChI is InChI=1S/C59H63BN2O/c1-54(2,3)36-30-46-50-47(31-36)62-52-41(57(8)26-12-13-27-58(57,62)9)19-14-20-44(52)60(50)53-51(38-32-42-43(33-48(38)63-53)56(6,7)29-28-55(42,4)5)61(46)45-21-15-18-40-49(45)37-16-10-11-17-39(37)59(40)34-22-23-35(59)25-24-34/h10-11,14-21,30-35H,12-13,22-29H2,1-9H3. The van der Waals surface area contributed by atoms with Gasteiger partial charge in [-0.1, -0.05) is 123 Å². The zero-order chi connectivity index (χ0) is 43.0. The van der Waals surface area contributed by atoms with Crippen LogP contribution in [0.3, 0.4) is 0 Å². The summed E-state index contributed by atoms with van der Waals surface area (Å²) < 4.78 is 7.70. The Bertz CT molecular complexity index is 3030. The van der Waals surface area contributed by atoms with Crippen molar-refractivity contribution in [1.82, 2.24) is 0 Å². The van der Waals surface area contributed by atoms with Gasteiger partial charge in [0, 0.05) is 38.8 Å². The van der Waals surface area contributed by atoms with Crippen LogP contribution in [0.1, 0.15) is 160 Å². The van der Waals surface area contributed by atoms with Gasteiger partial charge in [0.05, 0.1) is 22.6 Å². The lowest BCUT2D eigenvalue weighted by molar-refractivity contribution is 0.195. The van der Waals surface area contributed by atoms with Crippen LogP contribution in [0.4, 0.5) is 28.4 Å². The molecule has 0 saturated heterocycles. The van der Waals surface area contributed by atoms with Crippen molar-refractivity contribution in [3.63, 3.8) is 0 Å². The summed E-state index contributed by atoms with van der Waals surface area (Å²) in [6.45, 7) is 22.4. The van der Waals surface area contributed by atoms with E-state index in [9.17, 15) is 0 Å². The second kappa shape index (κ2) is 11.6. The maximum Gasteiger partial charge on any atom is 0.297 e. The molecular formula is C59H63BN2O. The number of benzene rings is 5. The molecule has 3 fully saturated rings. The van der Waals surface area contributed by atoms with Crippen LogP contribution in [0, 0.1) is 11.8 Å². The summed E-state index contributed by atoms with van der Waals surface area (Å²) in [4.78, 5) is 5.67. The van der Waals surface area contributed by atoms with Crippen LogP contribution in [0.25, 0.3) is 22.1 Å². The average molecular weight is 827 g/mol. The van der Waals surface area contributed by atoms with Crippen molar-refractivity contribution in [3.8, 4) is 11.1 Å². The molecule has 2 bridgehead atoms. The van der Waals surface area contributed by atoms with Crippen molar-refractivity contribution in [2.75, 3.05) is 9.80 Å². The number of furan rings is 1. The number of anilines is 5. The smallest absolute Gasteiger partial charge is 0.297 e. The Labute approximate surface area is 375 Å². The first kappa shape index (κ1) is 37.7. The van der Waals surface area contributed by atoms with Gasteiger partial charge < -0.3 is 14.2 Å². The highest BCUT2D eigenvalue weighted by Gasteiger charge is 2.63.